The monoisotopic (exact) mass is 309 g/mol. The molecule has 21 heavy (non-hydrogen) atoms. The average molecular weight is 309 g/mol. The summed E-state index contributed by atoms with van der Waals surface area (Å²) < 4.78 is 39.9. The summed E-state index contributed by atoms with van der Waals surface area (Å²) in [6, 6.07) is 8.88. The van der Waals surface area contributed by atoms with Gasteiger partial charge in [-0.25, -0.2) is 17.6 Å². The lowest BCUT2D eigenvalue weighted by atomic mass is 10.2. The van der Waals surface area contributed by atoms with E-state index in [1.807, 2.05) is 0 Å². The first-order chi connectivity index (χ1) is 9.79. The Morgan fingerprint density at radius 2 is 1.76 bits per heavy atom. The molecule has 2 aromatic rings. The zero-order valence-corrected chi connectivity index (χ0v) is 11.8. The Balaban J connectivity index is 2.38. The lowest BCUT2D eigenvalue weighted by Crippen LogP contribution is -2.14. The number of carbonyl (C=O) groups is 1. The van der Waals surface area contributed by atoms with Crippen molar-refractivity contribution < 1.29 is 22.7 Å². The Hall–Kier alpha value is -2.41. The zero-order valence-electron chi connectivity index (χ0n) is 11.0. The lowest BCUT2D eigenvalue weighted by molar-refractivity contribution is 0.0697. The van der Waals surface area contributed by atoms with Gasteiger partial charge in [0.15, 0.2) is 0 Å². The van der Waals surface area contributed by atoms with E-state index in [1.54, 1.807) is 19.1 Å². The molecule has 5 nitrogen and oxygen atoms in total. The van der Waals surface area contributed by atoms with Gasteiger partial charge >= 0.3 is 5.97 Å². The minimum Gasteiger partial charge on any atom is -0.478 e. The van der Waals surface area contributed by atoms with Crippen molar-refractivity contribution in [2.45, 2.75) is 11.8 Å². The number of nitrogens with one attached hydrogen (secondary N) is 1. The van der Waals surface area contributed by atoms with Crippen molar-refractivity contribution in [1.82, 2.24) is 0 Å². The third-order valence-electron chi connectivity index (χ3n) is 2.79. The predicted molar refractivity (Wildman–Crippen MR) is 75.3 cm³/mol. The standard InChI is InChI=1S/C14H12FNO4S/c1-9-2-5-11(6-3-9)21(19,20)16-13-8-10(14(17)18)4-7-12(13)15/h2-8,16H,1H3,(H,17,18). The summed E-state index contributed by atoms with van der Waals surface area (Å²) >= 11 is 0. The molecule has 0 aliphatic carbocycles. The van der Waals surface area contributed by atoms with Gasteiger partial charge in [0.05, 0.1) is 16.1 Å². The number of aryl methyl sites for hydroxylation is 1. The first-order valence-electron chi connectivity index (χ1n) is 5.92. The van der Waals surface area contributed by atoms with E-state index in [-0.39, 0.29) is 10.5 Å². The summed E-state index contributed by atoms with van der Waals surface area (Å²) in [5, 5.41) is 8.85. The smallest absolute Gasteiger partial charge is 0.335 e. The fourth-order valence-electron chi connectivity index (χ4n) is 1.66. The fraction of sp³-hybridized carbons (Fsp3) is 0.0714. The van der Waals surface area contributed by atoms with E-state index in [0.29, 0.717) is 0 Å². The van der Waals surface area contributed by atoms with Crippen molar-refractivity contribution in [2.75, 3.05) is 4.72 Å². The minimum atomic E-state index is -3.98. The van der Waals surface area contributed by atoms with Crippen LogP contribution in [-0.4, -0.2) is 19.5 Å². The van der Waals surface area contributed by atoms with Gasteiger partial charge in [0, 0.05) is 0 Å². The van der Waals surface area contributed by atoms with E-state index in [4.69, 9.17) is 5.11 Å². The Labute approximate surface area is 121 Å². The number of sulfonamides is 1. The normalized spacial score (nSPS) is 11.1. The summed E-state index contributed by atoms with van der Waals surface area (Å²) in [4.78, 5) is 10.8. The van der Waals surface area contributed by atoms with Gasteiger partial charge in [-0.3, -0.25) is 4.72 Å². The molecule has 2 N–H and O–H groups in total. The SMILES string of the molecule is Cc1ccc(S(=O)(=O)Nc2cc(C(=O)O)ccc2F)cc1. The Bertz CT molecular complexity index is 785. The number of halogens is 1. The first kappa shape index (κ1) is 15.0. The van der Waals surface area contributed by atoms with Crippen LogP contribution >= 0.6 is 0 Å². The van der Waals surface area contributed by atoms with Crippen LogP contribution < -0.4 is 4.72 Å². The van der Waals surface area contributed by atoms with Crippen molar-refractivity contribution in [2.24, 2.45) is 0 Å². The van der Waals surface area contributed by atoms with Crippen molar-refractivity contribution >= 4 is 21.7 Å². The molecule has 0 saturated heterocycles. The molecule has 0 spiro atoms. The van der Waals surface area contributed by atoms with E-state index in [2.05, 4.69) is 4.72 Å². The Morgan fingerprint density at radius 3 is 2.33 bits per heavy atom. The lowest BCUT2D eigenvalue weighted by Gasteiger charge is -2.10. The Kier molecular flexibility index (Phi) is 3.95. The highest BCUT2D eigenvalue weighted by atomic mass is 32.2. The van der Waals surface area contributed by atoms with E-state index in [9.17, 15) is 17.6 Å². The maximum atomic E-state index is 13.6. The van der Waals surface area contributed by atoms with E-state index in [0.717, 1.165) is 23.8 Å². The topological polar surface area (TPSA) is 83.5 Å². The highest BCUT2D eigenvalue weighted by molar-refractivity contribution is 7.92. The van der Waals surface area contributed by atoms with Crippen LogP contribution in [0.1, 0.15) is 15.9 Å². The molecule has 0 saturated carbocycles. The average Bonchev–Trinajstić information content (AvgIpc) is 2.41. The van der Waals surface area contributed by atoms with Crippen LogP contribution in [0, 0.1) is 12.7 Å². The summed E-state index contributed by atoms with van der Waals surface area (Å²) in [7, 11) is -3.98. The summed E-state index contributed by atoms with van der Waals surface area (Å²) in [6.07, 6.45) is 0. The third kappa shape index (κ3) is 3.38. The largest absolute Gasteiger partial charge is 0.478 e. The second-order valence-electron chi connectivity index (χ2n) is 4.42. The first-order valence-corrected chi connectivity index (χ1v) is 7.40. The molecule has 0 radical (unpaired) electrons. The van der Waals surface area contributed by atoms with Crippen LogP contribution in [0.2, 0.25) is 0 Å². The quantitative estimate of drug-likeness (QED) is 0.909. The molecule has 0 fully saturated rings. The number of carboxylic acids is 1. The van der Waals surface area contributed by atoms with E-state index in [1.165, 1.54) is 12.1 Å². The number of benzene rings is 2. The van der Waals surface area contributed by atoms with Crippen LogP contribution in [0.5, 0.6) is 0 Å². The van der Waals surface area contributed by atoms with Gasteiger partial charge in [-0.2, -0.15) is 0 Å². The van der Waals surface area contributed by atoms with Crippen LogP contribution in [0.25, 0.3) is 0 Å². The third-order valence-corrected chi connectivity index (χ3v) is 4.17. The van der Waals surface area contributed by atoms with Crippen LogP contribution in [0.15, 0.2) is 47.4 Å². The molecule has 0 unspecified atom stereocenters. The second kappa shape index (κ2) is 5.53. The van der Waals surface area contributed by atoms with Crippen molar-refractivity contribution in [1.29, 1.82) is 0 Å². The van der Waals surface area contributed by atoms with Gasteiger partial charge in [-0.1, -0.05) is 17.7 Å². The number of rotatable bonds is 4. The molecule has 0 aromatic heterocycles. The molecule has 2 aromatic carbocycles. The summed E-state index contributed by atoms with van der Waals surface area (Å²) in [5.41, 5.74) is 0.265. The van der Waals surface area contributed by atoms with Crippen LogP contribution in [0.3, 0.4) is 0 Å². The summed E-state index contributed by atoms with van der Waals surface area (Å²) in [6.45, 7) is 1.81. The highest BCUT2D eigenvalue weighted by Crippen LogP contribution is 2.21. The van der Waals surface area contributed by atoms with Gasteiger partial charge in [-0.05, 0) is 37.3 Å². The molecule has 2 rings (SSSR count). The van der Waals surface area contributed by atoms with Crippen molar-refractivity contribution in [3.63, 3.8) is 0 Å². The molecule has 0 atom stereocenters. The highest BCUT2D eigenvalue weighted by Gasteiger charge is 2.17. The van der Waals surface area contributed by atoms with Crippen LogP contribution in [-0.2, 0) is 10.0 Å². The van der Waals surface area contributed by atoms with Crippen LogP contribution in [0.4, 0.5) is 10.1 Å². The molecule has 0 aliphatic rings. The maximum Gasteiger partial charge on any atom is 0.335 e. The van der Waals surface area contributed by atoms with Gasteiger partial charge in [0.1, 0.15) is 5.82 Å². The van der Waals surface area contributed by atoms with Gasteiger partial charge in [0.2, 0.25) is 0 Å². The molecular formula is C14H12FNO4S. The number of hydrogen-bond donors (Lipinski definition) is 2. The molecule has 0 bridgehead atoms. The molecular weight excluding hydrogens is 297 g/mol. The molecule has 7 heteroatoms. The predicted octanol–water partition coefficient (Wildman–Crippen LogP) is 2.63. The molecule has 0 amide bonds. The Morgan fingerprint density at radius 1 is 1.14 bits per heavy atom. The van der Waals surface area contributed by atoms with E-state index >= 15 is 0 Å². The number of anilines is 1. The van der Waals surface area contributed by atoms with Crippen molar-refractivity contribution in [3.05, 3.63) is 59.4 Å². The number of hydrogen-bond acceptors (Lipinski definition) is 3. The molecule has 0 aliphatic heterocycles. The number of aromatic carboxylic acids is 1. The zero-order chi connectivity index (χ0) is 15.6. The van der Waals surface area contributed by atoms with E-state index < -0.39 is 27.5 Å². The molecule has 110 valence electrons. The summed E-state index contributed by atoms with van der Waals surface area (Å²) in [5.74, 6) is -2.12. The van der Waals surface area contributed by atoms with Gasteiger partial charge in [-0.15, -0.1) is 0 Å². The minimum absolute atomic E-state index is 0.0340. The fourth-order valence-corrected chi connectivity index (χ4v) is 2.72. The maximum absolute atomic E-state index is 13.6. The van der Waals surface area contributed by atoms with Gasteiger partial charge < -0.3 is 5.11 Å². The second-order valence-corrected chi connectivity index (χ2v) is 6.10. The van der Waals surface area contributed by atoms with Gasteiger partial charge in [0.25, 0.3) is 10.0 Å². The molecule has 0 heterocycles. The van der Waals surface area contributed by atoms with Crippen molar-refractivity contribution in [3.8, 4) is 0 Å². The number of carboxylic acid groups (broad SMARTS) is 1.